The van der Waals surface area contributed by atoms with Gasteiger partial charge in [0.2, 0.25) is 5.91 Å². The first-order chi connectivity index (χ1) is 14.0. The Morgan fingerprint density at radius 3 is 2.28 bits per heavy atom. The number of carbonyl (C=O) groups excluding carboxylic acids is 2. The maximum absolute atomic E-state index is 13.3. The Bertz CT molecular complexity index is 828. The van der Waals surface area contributed by atoms with E-state index in [1.807, 2.05) is 6.92 Å². The van der Waals surface area contributed by atoms with Gasteiger partial charge in [-0.1, -0.05) is 25.0 Å². The fourth-order valence-electron chi connectivity index (χ4n) is 3.88. The third-order valence-electron chi connectivity index (χ3n) is 5.48. The van der Waals surface area contributed by atoms with Crippen LogP contribution in [0.25, 0.3) is 0 Å². The van der Waals surface area contributed by atoms with Gasteiger partial charge in [0.25, 0.3) is 5.91 Å². The summed E-state index contributed by atoms with van der Waals surface area (Å²) in [6.45, 7) is 2.85. The quantitative estimate of drug-likeness (QED) is 0.714. The number of benzene rings is 2. The van der Waals surface area contributed by atoms with E-state index in [1.165, 1.54) is 12.1 Å². The van der Waals surface area contributed by atoms with Crippen molar-refractivity contribution < 1.29 is 18.7 Å². The van der Waals surface area contributed by atoms with Crippen molar-refractivity contribution in [2.45, 2.75) is 38.0 Å². The van der Waals surface area contributed by atoms with E-state index in [9.17, 15) is 14.0 Å². The molecule has 0 spiro atoms. The average molecular weight is 398 g/mol. The van der Waals surface area contributed by atoms with Gasteiger partial charge < -0.3 is 15.4 Å². The van der Waals surface area contributed by atoms with E-state index in [2.05, 4.69) is 10.6 Å². The van der Waals surface area contributed by atoms with Crippen LogP contribution in [-0.4, -0.2) is 31.5 Å². The summed E-state index contributed by atoms with van der Waals surface area (Å²) in [5.74, 6) is -0.109. The Balaban J connectivity index is 1.52. The standard InChI is InChI=1S/C23H27FN2O3/c1-2-29-20-11-5-17(6-12-20)22(28)25-15-21(27)26-16-23(13-3-4-14-23)18-7-9-19(24)10-8-18/h5-12H,2-4,13-16H2,1H3,(H,25,28)(H,26,27). The summed E-state index contributed by atoms with van der Waals surface area (Å²) < 4.78 is 18.6. The maximum Gasteiger partial charge on any atom is 0.251 e. The molecule has 0 atom stereocenters. The Labute approximate surface area is 170 Å². The van der Waals surface area contributed by atoms with Crippen LogP contribution in [0.2, 0.25) is 0 Å². The molecule has 0 radical (unpaired) electrons. The highest BCUT2D eigenvalue weighted by atomic mass is 19.1. The number of hydrogen-bond acceptors (Lipinski definition) is 3. The number of rotatable bonds is 8. The molecule has 6 heteroatoms. The van der Waals surface area contributed by atoms with Crippen LogP contribution in [0.4, 0.5) is 4.39 Å². The van der Waals surface area contributed by atoms with Crippen LogP contribution in [0, 0.1) is 5.82 Å². The molecular weight excluding hydrogens is 371 g/mol. The largest absolute Gasteiger partial charge is 0.494 e. The van der Waals surface area contributed by atoms with Crippen LogP contribution in [0.3, 0.4) is 0 Å². The van der Waals surface area contributed by atoms with Gasteiger partial charge in [0, 0.05) is 17.5 Å². The van der Waals surface area contributed by atoms with Crippen LogP contribution < -0.4 is 15.4 Å². The van der Waals surface area contributed by atoms with E-state index in [-0.39, 0.29) is 29.6 Å². The molecule has 0 aromatic heterocycles. The van der Waals surface area contributed by atoms with Gasteiger partial charge >= 0.3 is 0 Å². The zero-order valence-corrected chi connectivity index (χ0v) is 16.7. The molecule has 0 saturated heterocycles. The minimum Gasteiger partial charge on any atom is -0.494 e. The lowest BCUT2D eigenvalue weighted by atomic mass is 9.79. The highest BCUT2D eigenvalue weighted by Crippen LogP contribution is 2.40. The summed E-state index contributed by atoms with van der Waals surface area (Å²) in [6, 6.07) is 13.3. The fraction of sp³-hybridized carbons (Fsp3) is 0.391. The van der Waals surface area contributed by atoms with Crippen molar-refractivity contribution in [3.05, 3.63) is 65.5 Å². The Kier molecular flexibility index (Phi) is 6.86. The smallest absolute Gasteiger partial charge is 0.251 e. The van der Waals surface area contributed by atoms with E-state index in [1.54, 1.807) is 36.4 Å². The SMILES string of the molecule is CCOc1ccc(C(=O)NCC(=O)NCC2(c3ccc(F)cc3)CCCC2)cc1. The second-order valence-electron chi connectivity index (χ2n) is 7.41. The molecule has 2 N–H and O–H groups in total. The van der Waals surface area contributed by atoms with Crippen molar-refractivity contribution in [2.24, 2.45) is 0 Å². The summed E-state index contributed by atoms with van der Waals surface area (Å²) >= 11 is 0. The van der Waals surface area contributed by atoms with Crippen LogP contribution in [0.5, 0.6) is 5.75 Å². The summed E-state index contributed by atoms with van der Waals surface area (Å²) in [6.07, 6.45) is 4.08. The second kappa shape index (κ2) is 9.54. The first-order valence-electron chi connectivity index (χ1n) is 10.1. The topological polar surface area (TPSA) is 67.4 Å². The second-order valence-corrected chi connectivity index (χ2v) is 7.41. The van der Waals surface area contributed by atoms with E-state index >= 15 is 0 Å². The normalized spacial score (nSPS) is 15.0. The number of nitrogens with one attached hydrogen (secondary N) is 2. The lowest BCUT2D eigenvalue weighted by molar-refractivity contribution is -0.120. The molecule has 29 heavy (non-hydrogen) atoms. The van der Waals surface area contributed by atoms with Crippen molar-refractivity contribution in [3.63, 3.8) is 0 Å². The molecule has 5 nitrogen and oxygen atoms in total. The molecule has 1 fully saturated rings. The summed E-state index contributed by atoms with van der Waals surface area (Å²) in [4.78, 5) is 24.5. The van der Waals surface area contributed by atoms with Gasteiger partial charge in [0.15, 0.2) is 0 Å². The first kappa shape index (κ1) is 20.8. The van der Waals surface area contributed by atoms with Gasteiger partial charge in [-0.05, 0) is 61.7 Å². The number of amides is 2. The van der Waals surface area contributed by atoms with Crippen LogP contribution in [-0.2, 0) is 10.2 Å². The molecule has 0 aliphatic heterocycles. The van der Waals surface area contributed by atoms with E-state index in [4.69, 9.17) is 4.74 Å². The molecule has 154 valence electrons. The molecule has 2 aromatic carbocycles. The molecule has 0 heterocycles. The molecule has 0 bridgehead atoms. The van der Waals surface area contributed by atoms with Gasteiger partial charge in [-0.2, -0.15) is 0 Å². The van der Waals surface area contributed by atoms with Crippen molar-refractivity contribution in [1.29, 1.82) is 0 Å². The highest BCUT2D eigenvalue weighted by Gasteiger charge is 2.35. The van der Waals surface area contributed by atoms with Crippen molar-refractivity contribution in [1.82, 2.24) is 10.6 Å². The maximum atomic E-state index is 13.3. The van der Waals surface area contributed by atoms with E-state index in [0.717, 1.165) is 31.2 Å². The van der Waals surface area contributed by atoms with E-state index < -0.39 is 0 Å². The monoisotopic (exact) mass is 398 g/mol. The molecule has 1 saturated carbocycles. The molecule has 1 aliphatic carbocycles. The van der Waals surface area contributed by atoms with Gasteiger partial charge in [-0.25, -0.2) is 4.39 Å². The zero-order chi connectivity index (χ0) is 20.7. The zero-order valence-electron chi connectivity index (χ0n) is 16.7. The predicted octanol–water partition coefficient (Wildman–Crippen LogP) is 3.58. The molecule has 3 rings (SSSR count). The van der Waals surface area contributed by atoms with Crippen LogP contribution in [0.1, 0.15) is 48.5 Å². The number of carbonyl (C=O) groups is 2. The number of ether oxygens (including phenoxy) is 1. The Morgan fingerprint density at radius 2 is 1.66 bits per heavy atom. The van der Waals surface area contributed by atoms with Crippen molar-refractivity contribution >= 4 is 11.8 Å². The van der Waals surface area contributed by atoms with E-state index in [0.29, 0.717) is 24.5 Å². The first-order valence-corrected chi connectivity index (χ1v) is 10.1. The Morgan fingerprint density at radius 1 is 1.00 bits per heavy atom. The average Bonchev–Trinajstić information content (AvgIpc) is 3.22. The predicted molar refractivity (Wildman–Crippen MR) is 109 cm³/mol. The minimum atomic E-state index is -0.308. The van der Waals surface area contributed by atoms with Crippen molar-refractivity contribution in [2.75, 3.05) is 19.7 Å². The third kappa shape index (κ3) is 5.34. The fourth-order valence-corrected chi connectivity index (χ4v) is 3.88. The number of halogens is 1. The summed E-state index contributed by atoms with van der Waals surface area (Å²) in [5.41, 5.74) is 1.36. The highest BCUT2D eigenvalue weighted by molar-refractivity contribution is 5.96. The van der Waals surface area contributed by atoms with Crippen LogP contribution >= 0.6 is 0 Å². The lowest BCUT2D eigenvalue weighted by Crippen LogP contribution is -2.43. The van der Waals surface area contributed by atoms with Crippen LogP contribution in [0.15, 0.2) is 48.5 Å². The van der Waals surface area contributed by atoms with Gasteiger partial charge in [0.05, 0.1) is 13.2 Å². The van der Waals surface area contributed by atoms with Gasteiger partial charge in [0.1, 0.15) is 11.6 Å². The summed E-state index contributed by atoms with van der Waals surface area (Å²) in [7, 11) is 0. The molecular formula is C23H27FN2O3. The third-order valence-corrected chi connectivity index (χ3v) is 5.48. The summed E-state index contributed by atoms with van der Waals surface area (Å²) in [5, 5.41) is 5.59. The molecule has 2 amide bonds. The lowest BCUT2D eigenvalue weighted by Gasteiger charge is -2.30. The van der Waals surface area contributed by atoms with Crippen molar-refractivity contribution in [3.8, 4) is 5.75 Å². The number of hydrogen-bond donors (Lipinski definition) is 2. The molecule has 0 unspecified atom stereocenters. The Hall–Kier alpha value is -2.89. The van der Waals surface area contributed by atoms with Gasteiger partial charge in [-0.15, -0.1) is 0 Å². The molecule has 2 aromatic rings. The van der Waals surface area contributed by atoms with Gasteiger partial charge in [-0.3, -0.25) is 9.59 Å². The molecule has 1 aliphatic rings. The minimum absolute atomic E-state index is 0.0917.